The third kappa shape index (κ3) is 5.51. The number of hydrogen-bond acceptors (Lipinski definition) is 4. The molecule has 0 spiro atoms. The fourth-order valence-electron chi connectivity index (χ4n) is 3.59. The first-order valence-corrected chi connectivity index (χ1v) is 12.0. The average Bonchev–Trinajstić information content (AvgIpc) is 2.78. The molecule has 2 aromatic rings. The van der Waals surface area contributed by atoms with Crippen LogP contribution in [0.1, 0.15) is 42.1 Å². The lowest BCUT2D eigenvalue weighted by molar-refractivity contribution is -0.120. The quantitative estimate of drug-likeness (QED) is 0.687. The molecule has 166 valence electrons. The molecule has 3 rings (SSSR count). The van der Waals surface area contributed by atoms with Crippen LogP contribution in [0.25, 0.3) is 0 Å². The molecule has 31 heavy (non-hydrogen) atoms. The maximum atomic E-state index is 13.0. The Morgan fingerprint density at radius 3 is 2.52 bits per heavy atom. The Morgan fingerprint density at radius 2 is 1.81 bits per heavy atom. The second-order valence-electron chi connectivity index (χ2n) is 7.81. The maximum absolute atomic E-state index is 13.0. The summed E-state index contributed by atoms with van der Waals surface area (Å²) in [6.45, 7) is 4.92. The van der Waals surface area contributed by atoms with Crippen LogP contribution >= 0.6 is 0 Å². The number of benzene rings is 2. The van der Waals surface area contributed by atoms with Gasteiger partial charge in [0.2, 0.25) is 15.9 Å². The van der Waals surface area contributed by atoms with Crippen molar-refractivity contribution < 1.29 is 18.0 Å². The Balaban J connectivity index is 1.72. The third-order valence-electron chi connectivity index (χ3n) is 5.38. The summed E-state index contributed by atoms with van der Waals surface area (Å²) in [5, 5.41) is 5.65. The van der Waals surface area contributed by atoms with E-state index in [1.807, 2.05) is 13.8 Å². The molecule has 1 atom stereocenters. The number of hydrogen-bond donors (Lipinski definition) is 2. The first kappa shape index (κ1) is 23.0. The zero-order valence-electron chi connectivity index (χ0n) is 17.9. The molecule has 0 bridgehead atoms. The van der Waals surface area contributed by atoms with E-state index in [0.29, 0.717) is 37.2 Å². The van der Waals surface area contributed by atoms with Gasteiger partial charge in [0.1, 0.15) is 0 Å². The van der Waals surface area contributed by atoms with Gasteiger partial charge in [-0.3, -0.25) is 9.59 Å². The number of anilines is 1. The highest BCUT2D eigenvalue weighted by Gasteiger charge is 2.33. The molecule has 1 aliphatic rings. The molecular weight excluding hydrogens is 414 g/mol. The number of para-hydroxylation sites is 1. The number of nitrogens with zero attached hydrogens (tertiary/aromatic N) is 1. The van der Waals surface area contributed by atoms with E-state index in [4.69, 9.17) is 0 Å². The van der Waals surface area contributed by atoms with Crippen molar-refractivity contribution in [3.8, 4) is 0 Å². The number of carbonyl (C=O) groups is 2. The van der Waals surface area contributed by atoms with Gasteiger partial charge in [-0.15, -0.1) is 0 Å². The van der Waals surface area contributed by atoms with Crippen LogP contribution in [-0.2, 0) is 14.8 Å². The van der Waals surface area contributed by atoms with Gasteiger partial charge in [0, 0.05) is 19.6 Å². The molecule has 0 radical (unpaired) electrons. The van der Waals surface area contributed by atoms with E-state index in [1.165, 1.54) is 4.31 Å². The number of aryl methyl sites for hydroxylation is 1. The summed E-state index contributed by atoms with van der Waals surface area (Å²) in [6, 6.07) is 13.6. The summed E-state index contributed by atoms with van der Waals surface area (Å²) in [4.78, 5) is 25.6. The number of rotatable bonds is 7. The lowest BCUT2D eigenvalue weighted by Crippen LogP contribution is -2.43. The zero-order valence-corrected chi connectivity index (χ0v) is 18.7. The highest BCUT2D eigenvalue weighted by Crippen LogP contribution is 2.25. The number of sulfonamides is 1. The predicted molar refractivity (Wildman–Crippen MR) is 120 cm³/mol. The van der Waals surface area contributed by atoms with Crippen LogP contribution in [0.15, 0.2) is 53.4 Å². The second kappa shape index (κ2) is 10.1. The first-order valence-electron chi connectivity index (χ1n) is 10.6. The Bertz CT molecular complexity index is 1040. The van der Waals surface area contributed by atoms with Crippen molar-refractivity contribution in [3.63, 3.8) is 0 Å². The molecule has 0 saturated carbocycles. The van der Waals surface area contributed by atoms with Crippen molar-refractivity contribution in [1.29, 1.82) is 0 Å². The highest BCUT2D eigenvalue weighted by molar-refractivity contribution is 7.89. The van der Waals surface area contributed by atoms with Crippen LogP contribution in [-0.4, -0.2) is 44.2 Å². The van der Waals surface area contributed by atoms with Crippen LogP contribution in [0.3, 0.4) is 0 Å². The SMILES string of the molecule is CCCNC(=O)c1ccccc1NC(=O)C1CCCN(S(=O)(=O)c2ccc(C)cc2)C1. The van der Waals surface area contributed by atoms with Crippen LogP contribution < -0.4 is 10.6 Å². The van der Waals surface area contributed by atoms with Gasteiger partial charge in [-0.05, 0) is 50.5 Å². The fraction of sp³-hybridized carbons (Fsp3) is 0.391. The smallest absolute Gasteiger partial charge is 0.253 e. The third-order valence-corrected chi connectivity index (χ3v) is 7.26. The monoisotopic (exact) mass is 443 g/mol. The molecule has 2 N–H and O–H groups in total. The second-order valence-corrected chi connectivity index (χ2v) is 9.74. The van der Waals surface area contributed by atoms with Crippen molar-refractivity contribution in [2.24, 2.45) is 5.92 Å². The summed E-state index contributed by atoms with van der Waals surface area (Å²) in [5.74, 6) is -1.01. The van der Waals surface area contributed by atoms with E-state index in [2.05, 4.69) is 10.6 Å². The van der Waals surface area contributed by atoms with Crippen LogP contribution in [0.2, 0.25) is 0 Å². The van der Waals surface area contributed by atoms with Gasteiger partial charge < -0.3 is 10.6 Å². The first-order chi connectivity index (χ1) is 14.8. The summed E-state index contributed by atoms with van der Waals surface area (Å²) in [6.07, 6.45) is 2.01. The topological polar surface area (TPSA) is 95.6 Å². The molecule has 1 saturated heterocycles. The minimum Gasteiger partial charge on any atom is -0.352 e. The summed E-state index contributed by atoms with van der Waals surface area (Å²) in [5.41, 5.74) is 1.81. The van der Waals surface area contributed by atoms with E-state index in [1.54, 1.807) is 48.5 Å². The van der Waals surface area contributed by atoms with Gasteiger partial charge in [0.15, 0.2) is 0 Å². The Kier molecular flexibility index (Phi) is 7.46. The molecular formula is C23H29N3O4S. The van der Waals surface area contributed by atoms with E-state index >= 15 is 0 Å². The summed E-state index contributed by atoms with van der Waals surface area (Å²) in [7, 11) is -3.66. The molecule has 1 fully saturated rings. The minimum absolute atomic E-state index is 0.117. The molecule has 8 heteroatoms. The van der Waals surface area contributed by atoms with Gasteiger partial charge in [-0.2, -0.15) is 4.31 Å². The van der Waals surface area contributed by atoms with Gasteiger partial charge >= 0.3 is 0 Å². The molecule has 2 amide bonds. The molecule has 1 aliphatic heterocycles. The number of carbonyl (C=O) groups excluding carboxylic acids is 2. The largest absolute Gasteiger partial charge is 0.352 e. The van der Waals surface area contributed by atoms with Gasteiger partial charge in [0.05, 0.1) is 22.1 Å². The number of amides is 2. The average molecular weight is 444 g/mol. The van der Waals surface area contributed by atoms with Crippen molar-refractivity contribution >= 4 is 27.5 Å². The van der Waals surface area contributed by atoms with Gasteiger partial charge in [-0.25, -0.2) is 8.42 Å². The van der Waals surface area contributed by atoms with Crippen LogP contribution in [0.4, 0.5) is 5.69 Å². The maximum Gasteiger partial charge on any atom is 0.253 e. The van der Waals surface area contributed by atoms with Crippen LogP contribution in [0, 0.1) is 12.8 Å². The van der Waals surface area contributed by atoms with Crippen molar-refractivity contribution in [2.75, 3.05) is 25.0 Å². The summed E-state index contributed by atoms with van der Waals surface area (Å²) >= 11 is 0. The minimum atomic E-state index is -3.66. The number of nitrogens with one attached hydrogen (secondary N) is 2. The van der Waals surface area contributed by atoms with E-state index < -0.39 is 15.9 Å². The predicted octanol–water partition coefficient (Wildman–Crippen LogP) is 3.17. The zero-order chi connectivity index (χ0) is 22.4. The number of piperidine rings is 1. The van der Waals surface area contributed by atoms with E-state index in [-0.39, 0.29) is 23.3 Å². The van der Waals surface area contributed by atoms with E-state index in [0.717, 1.165) is 12.0 Å². The highest BCUT2D eigenvalue weighted by atomic mass is 32.2. The van der Waals surface area contributed by atoms with Gasteiger partial charge in [0.25, 0.3) is 5.91 Å². The molecule has 0 aliphatic carbocycles. The Labute approximate surface area is 183 Å². The molecule has 1 unspecified atom stereocenters. The van der Waals surface area contributed by atoms with Crippen molar-refractivity contribution in [2.45, 2.75) is 38.0 Å². The van der Waals surface area contributed by atoms with E-state index in [9.17, 15) is 18.0 Å². The van der Waals surface area contributed by atoms with Crippen molar-refractivity contribution in [1.82, 2.24) is 9.62 Å². The molecule has 0 aromatic heterocycles. The lowest BCUT2D eigenvalue weighted by atomic mass is 9.98. The standard InChI is InChI=1S/C23H29N3O4S/c1-3-14-24-23(28)20-8-4-5-9-21(20)25-22(27)18-7-6-15-26(16-18)31(29,30)19-12-10-17(2)11-13-19/h4-5,8-13,18H,3,6-7,14-16H2,1-2H3,(H,24,28)(H,25,27). The molecule has 1 heterocycles. The lowest BCUT2D eigenvalue weighted by Gasteiger charge is -2.31. The van der Waals surface area contributed by atoms with Gasteiger partial charge in [-0.1, -0.05) is 36.8 Å². The summed E-state index contributed by atoms with van der Waals surface area (Å²) < 4.78 is 27.4. The van der Waals surface area contributed by atoms with Crippen molar-refractivity contribution in [3.05, 3.63) is 59.7 Å². The fourth-order valence-corrected chi connectivity index (χ4v) is 5.12. The molecule has 7 nitrogen and oxygen atoms in total. The normalized spacial score (nSPS) is 17.2. The Morgan fingerprint density at radius 1 is 1.10 bits per heavy atom. The Hall–Kier alpha value is -2.71. The molecule has 2 aromatic carbocycles. The van der Waals surface area contributed by atoms with Crippen LogP contribution in [0.5, 0.6) is 0 Å².